The highest BCUT2D eigenvalue weighted by Gasteiger charge is 2.29. The molecule has 0 aliphatic heterocycles. The summed E-state index contributed by atoms with van der Waals surface area (Å²) in [6.45, 7) is 1.61. The van der Waals surface area contributed by atoms with Crippen LogP contribution in [0.5, 0.6) is 0 Å². The molecule has 0 N–H and O–H groups in total. The molecule has 0 fully saturated rings. The average Bonchev–Trinajstić information content (AvgIpc) is 2.20. The molecule has 0 heterocycles. The van der Waals surface area contributed by atoms with Crippen LogP contribution in [0.3, 0.4) is 0 Å². The van der Waals surface area contributed by atoms with Crippen molar-refractivity contribution in [2.75, 3.05) is 5.33 Å². The van der Waals surface area contributed by atoms with Crippen LogP contribution in [0.1, 0.15) is 11.1 Å². The van der Waals surface area contributed by atoms with E-state index in [0.717, 1.165) is 5.56 Å². The van der Waals surface area contributed by atoms with Gasteiger partial charge in [-0.15, -0.1) is 0 Å². The normalized spacial score (nSPS) is 11.6. The van der Waals surface area contributed by atoms with Gasteiger partial charge in [0.15, 0.2) is 0 Å². The topological polar surface area (TPSA) is 17.1 Å². The van der Waals surface area contributed by atoms with Crippen molar-refractivity contribution in [1.29, 1.82) is 0 Å². The summed E-state index contributed by atoms with van der Waals surface area (Å²) >= 11 is 2.91. The molecule has 17 heavy (non-hydrogen) atoms. The Bertz CT molecular complexity index is 418. The molecular formula is C11H10BrF3OS. The summed E-state index contributed by atoms with van der Waals surface area (Å²) in [6.07, 6.45) is 0.239. The Morgan fingerprint density at radius 2 is 2.06 bits per heavy atom. The van der Waals surface area contributed by atoms with Gasteiger partial charge in [-0.3, -0.25) is 4.79 Å². The molecule has 0 atom stereocenters. The molecule has 0 unspecified atom stereocenters. The number of hydrogen-bond acceptors (Lipinski definition) is 2. The molecule has 1 nitrogen and oxygen atoms in total. The zero-order chi connectivity index (χ0) is 13.1. The van der Waals surface area contributed by atoms with E-state index in [-0.39, 0.29) is 34.2 Å². The number of ketones is 1. The van der Waals surface area contributed by atoms with Gasteiger partial charge in [0.05, 0.1) is 5.33 Å². The molecule has 0 aromatic heterocycles. The fourth-order valence-electron chi connectivity index (χ4n) is 1.34. The van der Waals surface area contributed by atoms with E-state index in [1.165, 1.54) is 6.07 Å². The van der Waals surface area contributed by atoms with Crippen molar-refractivity contribution in [2.24, 2.45) is 0 Å². The lowest BCUT2D eigenvalue weighted by molar-refractivity contribution is -0.115. The van der Waals surface area contributed by atoms with E-state index in [9.17, 15) is 18.0 Å². The van der Waals surface area contributed by atoms with Crippen molar-refractivity contribution < 1.29 is 18.0 Å². The molecule has 0 bridgehead atoms. The molecule has 1 aromatic carbocycles. The first-order valence-corrected chi connectivity index (χ1v) is 6.68. The van der Waals surface area contributed by atoms with Crippen LogP contribution in [-0.4, -0.2) is 16.6 Å². The van der Waals surface area contributed by atoms with Crippen molar-refractivity contribution >= 4 is 33.5 Å². The smallest absolute Gasteiger partial charge is 0.298 e. The summed E-state index contributed by atoms with van der Waals surface area (Å²) in [5, 5.41) is 0.255. The number of thioether (sulfide) groups is 1. The first kappa shape index (κ1) is 14.6. The summed E-state index contributed by atoms with van der Waals surface area (Å²) in [7, 11) is 0. The lowest BCUT2D eigenvalue weighted by Crippen LogP contribution is -2.04. The second-order valence-electron chi connectivity index (χ2n) is 3.50. The lowest BCUT2D eigenvalue weighted by Gasteiger charge is -2.09. The van der Waals surface area contributed by atoms with Gasteiger partial charge in [-0.1, -0.05) is 28.1 Å². The fourth-order valence-corrected chi connectivity index (χ4v) is 2.14. The number of halogens is 4. The van der Waals surface area contributed by atoms with E-state index < -0.39 is 5.51 Å². The highest BCUT2D eigenvalue weighted by atomic mass is 79.9. The molecule has 0 aliphatic carbocycles. The van der Waals surface area contributed by atoms with Gasteiger partial charge in [0.2, 0.25) is 0 Å². The van der Waals surface area contributed by atoms with E-state index in [1.807, 2.05) is 0 Å². The van der Waals surface area contributed by atoms with Crippen LogP contribution in [0, 0.1) is 6.92 Å². The van der Waals surface area contributed by atoms with Crippen LogP contribution in [0.4, 0.5) is 13.2 Å². The Morgan fingerprint density at radius 1 is 1.41 bits per heavy atom. The second-order valence-corrected chi connectivity index (χ2v) is 5.16. The standard InChI is InChI=1S/C11H10BrF3OS/c1-7-4-8(5-9(16)6-12)2-3-10(7)17-11(13,14)15/h2-4H,5-6H2,1H3. The molecule has 94 valence electrons. The number of alkyl halides is 4. The van der Waals surface area contributed by atoms with Crippen LogP contribution in [0.2, 0.25) is 0 Å². The van der Waals surface area contributed by atoms with Gasteiger partial charge in [0, 0.05) is 11.3 Å². The fraction of sp³-hybridized carbons (Fsp3) is 0.364. The minimum atomic E-state index is -4.28. The molecule has 1 aromatic rings. The zero-order valence-corrected chi connectivity index (χ0v) is 11.4. The van der Waals surface area contributed by atoms with E-state index in [4.69, 9.17) is 0 Å². The molecule has 0 saturated carbocycles. The van der Waals surface area contributed by atoms with Crippen molar-refractivity contribution in [1.82, 2.24) is 0 Å². The minimum absolute atomic E-state index is 0.000578. The molecule has 0 aliphatic rings. The number of hydrogen-bond donors (Lipinski definition) is 0. The Labute approximate surface area is 110 Å². The Balaban J connectivity index is 2.83. The highest BCUT2D eigenvalue weighted by molar-refractivity contribution is 9.09. The van der Waals surface area contributed by atoms with Gasteiger partial charge in [0.1, 0.15) is 5.78 Å². The van der Waals surface area contributed by atoms with E-state index in [2.05, 4.69) is 15.9 Å². The average molecular weight is 327 g/mol. The van der Waals surface area contributed by atoms with Gasteiger partial charge in [-0.2, -0.15) is 13.2 Å². The molecule has 0 saturated heterocycles. The molecule has 0 amide bonds. The van der Waals surface area contributed by atoms with Crippen LogP contribution in [-0.2, 0) is 11.2 Å². The minimum Gasteiger partial charge on any atom is -0.298 e. The maximum atomic E-state index is 12.2. The second kappa shape index (κ2) is 5.91. The van der Waals surface area contributed by atoms with Gasteiger partial charge in [0.25, 0.3) is 0 Å². The highest BCUT2D eigenvalue weighted by Crippen LogP contribution is 2.38. The van der Waals surface area contributed by atoms with E-state index in [0.29, 0.717) is 5.56 Å². The van der Waals surface area contributed by atoms with Crippen LogP contribution in [0.15, 0.2) is 23.1 Å². The Kier molecular flexibility index (Phi) is 5.06. The van der Waals surface area contributed by atoms with Gasteiger partial charge < -0.3 is 0 Å². The van der Waals surface area contributed by atoms with Gasteiger partial charge >= 0.3 is 5.51 Å². The molecule has 0 spiro atoms. The summed E-state index contributed by atoms with van der Waals surface area (Å²) in [5.41, 5.74) is -3.01. The number of carbonyl (C=O) groups excluding carboxylic acids is 1. The maximum Gasteiger partial charge on any atom is 0.446 e. The Hall–Kier alpha value is -0.490. The third-order valence-electron chi connectivity index (χ3n) is 2.02. The SMILES string of the molecule is Cc1cc(CC(=O)CBr)ccc1SC(F)(F)F. The molecule has 6 heteroatoms. The number of benzene rings is 1. The Morgan fingerprint density at radius 3 is 2.53 bits per heavy atom. The molecule has 1 rings (SSSR count). The zero-order valence-electron chi connectivity index (χ0n) is 8.97. The van der Waals surface area contributed by atoms with Gasteiger partial charge in [-0.25, -0.2) is 0 Å². The van der Waals surface area contributed by atoms with Crippen LogP contribution < -0.4 is 0 Å². The lowest BCUT2D eigenvalue weighted by atomic mass is 10.1. The maximum absolute atomic E-state index is 12.2. The van der Waals surface area contributed by atoms with Crippen LogP contribution >= 0.6 is 27.7 Å². The quantitative estimate of drug-likeness (QED) is 0.611. The predicted octanol–water partition coefficient (Wildman–Crippen LogP) is 4.11. The first-order chi connectivity index (χ1) is 7.81. The monoisotopic (exact) mass is 326 g/mol. The third kappa shape index (κ3) is 5.12. The number of Topliss-reactive ketones (excluding diaryl/α,β-unsaturated/α-hetero) is 1. The number of carbonyl (C=O) groups is 1. The van der Waals surface area contributed by atoms with Crippen molar-refractivity contribution in [2.45, 2.75) is 23.7 Å². The van der Waals surface area contributed by atoms with Gasteiger partial charge in [-0.05, 0) is 35.9 Å². The number of aryl methyl sites for hydroxylation is 1. The van der Waals surface area contributed by atoms with Crippen molar-refractivity contribution in [3.63, 3.8) is 0 Å². The molecular weight excluding hydrogens is 317 g/mol. The van der Waals surface area contributed by atoms with Crippen molar-refractivity contribution in [3.8, 4) is 0 Å². The predicted molar refractivity (Wildman–Crippen MR) is 65.6 cm³/mol. The largest absolute Gasteiger partial charge is 0.446 e. The third-order valence-corrected chi connectivity index (χ3v) is 3.55. The van der Waals surface area contributed by atoms with E-state index in [1.54, 1.807) is 19.1 Å². The first-order valence-electron chi connectivity index (χ1n) is 4.75. The molecule has 0 radical (unpaired) electrons. The summed E-state index contributed by atoms with van der Waals surface area (Å²) in [4.78, 5) is 11.3. The summed E-state index contributed by atoms with van der Waals surface area (Å²) < 4.78 is 36.6. The van der Waals surface area contributed by atoms with Crippen molar-refractivity contribution in [3.05, 3.63) is 29.3 Å². The summed E-state index contributed by atoms with van der Waals surface area (Å²) in [6, 6.07) is 4.58. The number of rotatable bonds is 4. The van der Waals surface area contributed by atoms with E-state index >= 15 is 0 Å². The summed E-state index contributed by atoms with van der Waals surface area (Å²) in [5.74, 6) is 0.000578. The van der Waals surface area contributed by atoms with Crippen LogP contribution in [0.25, 0.3) is 0 Å².